The molecular weight excluding hydrogens is 264 g/mol. The second-order valence-corrected chi connectivity index (χ2v) is 5.63. The molecule has 0 unspecified atom stereocenters. The minimum absolute atomic E-state index is 0.121. The summed E-state index contributed by atoms with van der Waals surface area (Å²) in [5, 5.41) is 8.72. The zero-order valence-corrected chi connectivity index (χ0v) is 12.4. The molecule has 0 aliphatic heterocycles. The van der Waals surface area contributed by atoms with E-state index in [1.54, 1.807) is 0 Å². The van der Waals surface area contributed by atoms with Gasteiger partial charge >= 0.3 is 0 Å². The van der Waals surface area contributed by atoms with Gasteiger partial charge in [0.15, 0.2) is 0 Å². The highest BCUT2D eigenvalue weighted by Gasteiger charge is 1.97. The largest absolute Gasteiger partial charge is 0.395 e. The summed E-state index contributed by atoms with van der Waals surface area (Å²) in [6.07, 6.45) is 0.530. The van der Waals surface area contributed by atoms with E-state index in [0.717, 1.165) is 11.3 Å². The quantitative estimate of drug-likeness (QED) is 0.675. The maximum atomic E-state index is 8.72. The van der Waals surface area contributed by atoms with Gasteiger partial charge in [-0.25, -0.2) is 0 Å². The molecule has 0 bridgehead atoms. The Labute approximate surface area is 125 Å². The first-order valence-electron chi connectivity index (χ1n) is 6.66. The number of hydrogen-bond donors (Lipinski definition) is 1. The molecule has 2 heteroatoms. The highest BCUT2D eigenvalue weighted by molar-refractivity contribution is 7.98. The summed E-state index contributed by atoms with van der Waals surface area (Å²) < 4.78 is 0. The van der Waals surface area contributed by atoms with Crippen LogP contribution >= 0.6 is 11.8 Å². The van der Waals surface area contributed by atoms with Crippen molar-refractivity contribution in [1.82, 2.24) is 0 Å². The molecule has 2 aromatic rings. The predicted molar refractivity (Wildman–Crippen MR) is 85.8 cm³/mol. The summed E-state index contributed by atoms with van der Waals surface area (Å²) in [5.41, 5.74) is 3.57. The molecular formula is C18H18OS. The Bertz CT molecular complexity index is 605. The lowest BCUT2D eigenvalue weighted by molar-refractivity contribution is 0.305. The zero-order valence-electron chi connectivity index (χ0n) is 11.6. The number of rotatable bonds is 4. The highest BCUT2D eigenvalue weighted by Crippen LogP contribution is 2.23. The summed E-state index contributed by atoms with van der Waals surface area (Å²) in [4.78, 5) is 1.28. The molecule has 0 saturated heterocycles. The van der Waals surface area contributed by atoms with Crippen molar-refractivity contribution in [3.63, 3.8) is 0 Å². The monoisotopic (exact) mass is 282 g/mol. The van der Waals surface area contributed by atoms with Gasteiger partial charge in [-0.15, -0.1) is 11.8 Å². The van der Waals surface area contributed by atoms with Crippen molar-refractivity contribution in [3.8, 4) is 11.8 Å². The molecule has 0 atom stereocenters. The van der Waals surface area contributed by atoms with Gasteiger partial charge in [0.2, 0.25) is 0 Å². The van der Waals surface area contributed by atoms with Gasteiger partial charge in [-0.2, -0.15) is 0 Å². The van der Waals surface area contributed by atoms with Crippen LogP contribution in [0.2, 0.25) is 0 Å². The smallest absolute Gasteiger partial charge is 0.0540 e. The van der Waals surface area contributed by atoms with Crippen molar-refractivity contribution in [2.75, 3.05) is 6.61 Å². The number of aryl methyl sites for hydroxylation is 1. The van der Waals surface area contributed by atoms with E-state index < -0.39 is 0 Å². The van der Waals surface area contributed by atoms with Crippen molar-refractivity contribution in [2.45, 2.75) is 24.0 Å². The van der Waals surface area contributed by atoms with Crippen LogP contribution in [0.4, 0.5) is 0 Å². The standard InChI is InChI=1S/C18H18OS/c1-15-8-10-18(11-9-15)20-14-17-7-4-6-16(13-17)5-2-3-12-19/h4,6-11,13,19H,3,12,14H2,1H3. The number of benzene rings is 2. The molecule has 1 N–H and O–H groups in total. The van der Waals surface area contributed by atoms with E-state index in [2.05, 4.69) is 55.2 Å². The Balaban J connectivity index is 1.98. The van der Waals surface area contributed by atoms with Gasteiger partial charge in [0.05, 0.1) is 6.61 Å². The molecule has 0 radical (unpaired) electrons. The number of aliphatic hydroxyl groups is 1. The first-order chi connectivity index (χ1) is 9.78. The van der Waals surface area contributed by atoms with Crippen molar-refractivity contribution >= 4 is 11.8 Å². The average Bonchev–Trinajstić information content (AvgIpc) is 2.47. The molecule has 0 aliphatic carbocycles. The maximum Gasteiger partial charge on any atom is 0.0540 e. The Kier molecular flexibility index (Phi) is 5.73. The predicted octanol–water partition coefficient (Wildman–Crippen LogP) is 4.02. The third-order valence-electron chi connectivity index (χ3n) is 2.82. The van der Waals surface area contributed by atoms with Crippen LogP contribution in [0.5, 0.6) is 0 Å². The Morgan fingerprint density at radius 1 is 1.10 bits per heavy atom. The normalized spacial score (nSPS) is 9.90. The molecule has 1 nitrogen and oxygen atoms in total. The van der Waals surface area contributed by atoms with Crippen molar-refractivity contribution in [3.05, 3.63) is 65.2 Å². The van der Waals surface area contributed by atoms with Crippen LogP contribution in [0.3, 0.4) is 0 Å². The summed E-state index contributed by atoms with van der Waals surface area (Å²) in [7, 11) is 0. The van der Waals surface area contributed by atoms with Gasteiger partial charge in [-0.1, -0.05) is 41.7 Å². The van der Waals surface area contributed by atoms with E-state index >= 15 is 0 Å². The first kappa shape index (κ1) is 14.7. The van der Waals surface area contributed by atoms with Crippen LogP contribution in [-0.2, 0) is 5.75 Å². The van der Waals surface area contributed by atoms with E-state index in [-0.39, 0.29) is 6.61 Å². The molecule has 0 spiro atoms. The maximum absolute atomic E-state index is 8.72. The SMILES string of the molecule is Cc1ccc(SCc2cccc(C#CCCO)c2)cc1. The minimum atomic E-state index is 0.121. The second kappa shape index (κ2) is 7.79. The molecule has 102 valence electrons. The fourth-order valence-corrected chi connectivity index (χ4v) is 2.60. The summed E-state index contributed by atoms with van der Waals surface area (Å²) >= 11 is 1.83. The molecule has 0 aliphatic rings. The van der Waals surface area contributed by atoms with E-state index in [0.29, 0.717) is 6.42 Å². The zero-order chi connectivity index (χ0) is 14.2. The molecule has 0 fully saturated rings. The van der Waals surface area contributed by atoms with Crippen LogP contribution < -0.4 is 0 Å². The Morgan fingerprint density at radius 3 is 2.65 bits per heavy atom. The van der Waals surface area contributed by atoms with Gasteiger partial charge in [0, 0.05) is 22.6 Å². The molecule has 2 aromatic carbocycles. The van der Waals surface area contributed by atoms with Crippen LogP contribution in [-0.4, -0.2) is 11.7 Å². The highest BCUT2D eigenvalue weighted by atomic mass is 32.2. The van der Waals surface area contributed by atoms with Crippen LogP contribution in [0, 0.1) is 18.8 Å². The Morgan fingerprint density at radius 2 is 1.90 bits per heavy atom. The molecule has 0 saturated carbocycles. The van der Waals surface area contributed by atoms with Gasteiger partial charge in [0.1, 0.15) is 0 Å². The number of aliphatic hydroxyl groups excluding tert-OH is 1. The van der Waals surface area contributed by atoms with Crippen molar-refractivity contribution < 1.29 is 5.11 Å². The van der Waals surface area contributed by atoms with Gasteiger partial charge in [-0.3, -0.25) is 0 Å². The molecule has 0 amide bonds. The van der Waals surface area contributed by atoms with Gasteiger partial charge < -0.3 is 5.11 Å². The molecule has 0 aromatic heterocycles. The van der Waals surface area contributed by atoms with E-state index in [4.69, 9.17) is 5.11 Å². The van der Waals surface area contributed by atoms with Crippen molar-refractivity contribution in [1.29, 1.82) is 0 Å². The summed E-state index contributed by atoms with van der Waals surface area (Å²) in [6, 6.07) is 16.9. The third-order valence-corrected chi connectivity index (χ3v) is 3.91. The number of thioether (sulfide) groups is 1. The molecule has 0 heterocycles. The molecule has 20 heavy (non-hydrogen) atoms. The lowest BCUT2D eigenvalue weighted by atomic mass is 10.1. The average molecular weight is 282 g/mol. The van der Waals surface area contributed by atoms with Crippen LogP contribution in [0.15, 0.2) is 53.4 Å². The van der Waals surface area contributed by atoms with Crippen LogP contribution in [0.25, 0.3) is 0 Å². The van der Waals surface area contributed by atoms with E-state index in [9.17, 15) is 0 Å². The van der Waals surface area contributed by atoms with Gasteiger partial charge in [0.25, 0.3) is 0 Å². The fourth-order valence-electron chi connectivity index (χ4n) is 1.76. The number of hydrogen-bond acceptors (Lipinski definition) is 2. The van der Waals surface area contributed by atoms with E-state index in [1.807, 2.05) is 23.9 Å². The van der Waals surface area contributed by atoms with Gasteiger partial charge in [-0.05, 0) is 36.8 Å². The summed E-state index contributed by atoms with van der Waals surface area (Å²) in [6.45, 7) is 2.22. The molecule has 2 rings (SSSR count). The van der Waals surface area contributed by atoms with Crippen molar-refractivity contribution in [2.24, 2.45) is 0 Å². The lowest BCUT2D eigenvalue weighted by Crippen LogP contribution is -1.84. The first-order valence-corrected chi connectivity index (χ1v) is 7.64. The fraction of sp³-hybridized carbons (Fsp3) is 0.222. The minimum Gasteiger partial charge on any atom is -0.395 e. The van der Waals surface area contributed by atoms with E-state index in [1.165, 1.54) is 16.0 Å². The second-order valence-electron chi connectivity index (χ2n) is 4.58. The Hall–Kier alpha value is -1.69. The third kappa shape index (κ3) is 4.77. The summed E-state index contributed by atoms with van der Waals surface area (Å²) in [5.74, 6) is 6.97. The lowest BCUT2D eigenvalue weighted by Gasteiger charge is -2.03. The topological polar surface area (TPSA) is 20.2 Å². The van der Waals surface area contributed by atoms with Crippen LogP contribution in [0.1, 0.15) is 23.1 Å².